The molecule has 2 rings (SSSR count). The number of carboxylic acids is 1. The summed E-state index contributed by atoms with van der Waals surface area (Å²) in [5.74, 6) is -0.844. The molecule has 0 aromatic carbocycles. The van der Waals surface area contributed by atoms with Gasteiger partial charge in [0.25, 0.3) is 0 Å². The molecular formula is C12H16BrNO3S. The largest absolute Gasteiger partial charge is 0.479 e. The summed E-state index contributed by atoms with van der Waals surface area (Å²) in [5.41, 5.74) is -0.980. The van der Waals surface area contributed by atoms with Crippen molar-refractivity contribution in [2.24, 2.45) is 0 Å². The number of nitrogens with zero attached hydrogens (tertiary/aromatic N) is 1. The van der Waals surface area contributed by atoms with Crippen molar-refractivity contribution in [3.05, 3.63) is 20.8 Å². The number of aliphatic carboxylic acids is 1. The third kappa shape index (κ3) is 2.93. The highest BCUT2D eigenvalue weighted by molar-refractivity contribution is 9.10. The van der Waals surface area contributed by atoms with Crippen LogP contribution in [0, 0.1) is 0 Å². The van der Waals surface area contributed by atoms with Gasteiger partial charge in [-0.3, -0.25) is 4.90 Å². The van der Waals surface area contributed by atoms with E-state index >= 15 is 0 Å². The number of likely N-dealkylation sites (tertiary alicyclic amines) is 1. The highest BCUT2D eigenvalue weighted by Crippen LogP contribution is 2.28. The fraction of sp³-hybridized carbons (Fsp3) is 0.583. The van der Waals surface area contributed by atoms with Crippen molar-refractivity contribution in [3.8, 4) is 0 Å². The maximum absolute atomic E-state index is 11.2. The van der Waals surface area contributed by atoms with Crippen molar-refractivity contribution >= 4 is 33.2 Å². The summed E-state index contributed by atoms with van der Waals surface area (Å²) in [6.07, 6.45) is 1.09. The SMILES string of the molecule is COC1(C(=O)O)CCN(Cc2cc(Br)cs2)CC1. The lowest BCUT2D eigenvalue weighted by Gasteiger charge is -2.37. The van der Waals surface area contributed by atoms with Gasteiger partial charge in [0, 0.05) is 41.5 Å². The normalized spacial score (nSPS) is 19.9. The Balaban J connectivity index is 1.92. The first kappa shape index (κ1) is 14.0. The number of hydrogen-bond acceptors (Lipinski definition) is 4. The molecule has 2 heterocycles. The zero-order valence-corrected chi connectivity index (χ0v) is 12.6. The molecular weight excluding hydrogens is 318 g/mol. The Morgan fingerprint density at radius 1 is 1.61 bits per heavy atom. The van der Waals surface area contributed by atoms with Crippen LogP contribution in [0.4, 0.5) is 0 Å². The van der Waals surface area contributed by atoms with Crippen LogP contribution in [-0.4, -0.2) is 41.8 Å². The zero-order chi connectivity index (χ0) is 13.2. The molecule has 100 valence electrons. The Labute approximate surface area is 119 Å². The van der Waals surface area contributed by atoms with Gasteiger partial charge in [-0.05, 0) is 34.8 Å². The van der Waals surface area contributed by atoms with Gasteiger partial charge in [0.05, 0.1) is 0 Å². The van der Waals surface area contributed by atoms with Crippen LogP contribution < -0.4 is 0 Å². The quantitative estimate of drug-likeness (QED) is 0.920. The van der Waals surface area contributed by atoms with E-state index in [1.165, 1.54) is 12.0 Å². The molecule has 0 amide bonds. The summed E-state index contributed by atoms with van der Waals surface area (Å²) in [4.78, 5) is 14.8. The second kappa shape index (κ2) is 5.69. The molecule has 0 saturated carbocycles. The van der Waals surface area contributed by atoms with Crippen LogP contribution in [0.1, 0.15) is 17.7 Å². The zero-order valence-electron chi connectivity index (χ0n) is 10.2. The van der Waals surface area contributed by atoms with Crippen LogP contribution in [-0.2, 0) is 16.1 Å². The molecule has 0 bridgehead atoms. The molecule has 0 aliphatic carbocycles. The van der Waals surface area contributed by atoms with Crippen molar-refractivity contribution < 1.29 is 14.6 Å². The molecule has 1 aromatic rings. The molecule has 6 heteroatoms. The lowest BCUT2D eigenvalue weighted by atomic mass is 9.91. The van der Waals surface area contributed by atoms with Gasteiger partial charge in [-0.25, -0.2) is 4.79 Å². The fourth-order valence-corrected chi connectivity index (χ4v) is 3.73. The number of ether oxygens (including phenoxy) is 1. The molecule has 1 aliphatic rings. The summed E-state index contributed by atoms with van der Waals surface area (Å²) < 4.78 is 6.32. The highest BCUT2D eigenvalue weighted by Gasteiger charge is 2.41. The first-order valence-electron chi connectivity index (χ1n) is 5.79. The number of halogens is 1. The number of rotatable bonds is 4. The van der Waals surface area contributed by atoms with Gasteiger partial charge in [-0.1, -0.05) is 0 Å². The van der Waals surface area contributed by atoms with E-state index in [0.717, 1.165) is 24.1 Å². The Morgan fingerprint density at radius 2 is 2.28 bits per heavy atom. The van der Waals surface area contributed by atoms with Crippen LogP contribution in [0.5, 0.6) is 0 Å². The number of thiophene rings is 1. The predicted octanol–water partition coefficient (Wildman–Crippen LogP) is 2.58. The Morgan fingerprint density at radius 3 is 2.72 bits per heavy atom. The topological polar surface area (TPSA) is 49.8 Å². The van der Waals surface area contributed by atoms with Gasteiger partial charge in [0.1, 0.15) is 0 Å². The lowest BCUT2D eigenvalue weighted by Crippen LogP contribution is -2.50. The van der Waals surface area contributed by atoms with Crippen molar-refractivity contribution in [3.63, 3.8) is 0 Å². The maximum atomic E-state index is 11.2. The summed E-state index contributed by atoms with van der Waals surface area (Å²) in [5, 5.41) is 11.3. The van der Waals surface area contributed by atoms with E-state index in [4.69, 9.17) is 4.74 Å². The summed E-state index contributed by atoms with van der Waals surface area (Å²) in [6.45, 7) is 2.40. The van der Waals surface area contributed by atoms with E-state index in [1.807, 2.05) is 0 Å². The average Bonchev–Trinajstić information content (AvgIpc) is 2.76. The highest BCUT2D eigenvalue weighted by atomic mass is 79.9. The second-order valence-corrected chi connectivity index (χ2v) is 6.42. The monoisotopic (exact) mass is 333 g/mol. The number of carbonyl (C=O) groups is 1. The van der Waals surface area contributed by atoms with Crippen molar-refractivity contribution in [1.29, 1.82) is 0 Å². The minimum Gasteiger partial charge on any atom is -0.479 e. The lowest BCUT2D eigenvalue weighted by molar-refractivity contribution is -0.168. The molecule has 1 fully saturated rings. The molecule has 0 radical (unpaired) electrons. The van der Waals surface area contributed by atoms with Crippen LogP contribution >= 0.6 is 27.3 Å². The standard InChI is InChI=1S/C12H16BrNO3S/c1-17-12(11(15)16)2-4-14(5-3-12)7-10-6-9(13)8-18-10/h6,8H,2-5,7H2,1H3,(H,15,16). The van der Waals surface area contributed by atoms with Crippen LogP contribution in [0.15, 0.2) is 15.9 Å². The number of methoxy groups -OCH3 is 1. The first-order valence-corrected chi connectivity index (χ1v) is 7.47. The van der Waals surface area contributed by atoms with Crippen LogP contribution in [0.3, 0.4) is 0 Å². The Kier molecular flexibility index (Phi) is 4.42. The molecule has 1 saturated heterocycles. The molecule has 18 heavy (non-hydrogen) atoms. The van der Waals surface area contributed by atoms with Gasteiger partial charge in [-0.15, -0.1) is 11.3 Å². The van der Waals surface area contributed by atoms with E-state index in [1.54, 1.807) is 11.3 Å². The summed E-state index contributed by atoms with van der Waals surface area (Å²) >= 11 is 5.16. The third-order valence-corrected chi connectivity index (χ3v) is 5.13. The number of carboxylic acid groups (broad SMARTS) is 1. The first-order chi connectivity index (χ1) is 8.55. The van der Waals surface area contributed by atoms with Crippen molar-refractivity contribution in [2.45, 2.75) is 25.0 Å². The van der Waals surface area contributed by atoms with Crippen LogP contribution in [0.2, 0.25) is 0 Å². The molecule has 0 spiro atoms. The molecule has 1 aromatic heterocycles. The maximum Gasteiger partial charge on any atom is 0.336 e. The van der Waals surface area contributed by atoms with E-state index < -0.39 is 11.6 Å². The average molecular weight is 334 g/mol. The van der Waals surface area contributed by atoms with E-state index in [2.05, 4.69) is 32.3 Å². The molecule has 0 atom stereocenters. The van der Waals surface area contributed by atoms with Gasteiger partial charge in [0.2, 0.25) is 0 Å². The van der Waals surface area contributed by atoms with Gasteiger partial charge in [-0.2, -0.15) is 0 Å². The minimum absolute atomic E-state index is 0.547. The summed E-state index contributed by atoms with van der Waals surface area (Å²) in [6, 6.07) is 2.11. The minimum atomic E-state index is -0.980. The van der Waals surface area contributed by atoms with E-state index in [9.17, 15) is 9.90 Å². The summed E-state index contributed by atoms with van der Waals surface area (Å²) in [7, 11) is 1.49. The molecule has 1 aliphatic heterocycles. The predicted molar refractivity (Wildman–Crippen MR) is 73.9 cm³/mol. The van der Waals surface area contributed by atoms with Crippen molar-refractivity contribution in [1.82, 2.24) is 4.90 Å². The van der Waals surface area contributed by atoms with Crippen molar-refractivity contribution in [2.75, 3.05) is 20.2 Å². The second-order valence-electron chi connectivity index (χ2n) is 4.51. The van der Waals surface area contributed by atoms with Crippen LogP contribution in [0.25, 0.3) is 0 Å². The smallest absolute Gasteiger partial charge is 0.336 e. The van der Waals surface area contributed by atoms with Gasteiger partial charge >= 0.3 is 5.97 Å². The number of piperidine rings is 1. The molecule has 4 nitrogen and oxygen atoms in total. The third-order valence-electron chi connectivity index (χ3n) is 3.45. The Hall–Kier alpha value is -0.430. The van der Waals surface area contributed by atoms with E-state index in [0.29, 0.717) is 12.8 Å². The number of hydrogen-bond donors (Lipinski definition) is 1. The fourth-order valence-electron chi connectivity index (χ4n) is 2.23. The molecule has 1 N–H and O–H groups in total. The van der Waals surface area contributed by atoms with Gasteiger partial charge in [0.15, 0.2) is 5.60 Å². The Bertz CT molecular complexity index is 427. The molecule has 0 unspecified atom stereocenters. The van der Waals surface area contributed by atoms with Gasteiger partial charge < -0.3 is 9.84 Å². The van der Waals surface area contributed by atoms with E-state index in [-0.39, 0.29) is 0 Å².